The predicted octanol–water partition coefficient (Wildman–Crippen LogP) is 1.40. The highest BCUT2D eigenvalue weighted by Gasteiger charge is 2.15. The highest BCUT2D eigenvalue weighted by Crippen LogP contribution is 2.07. The molecule has 0 aromatic heterocycles. The molecular formula is C13H29N3. The third-order valence-electron chi connectivity index (χ3n) is 3.60. The van der Waals surface area contributed by atoms with Crippen LogP contribution < -0.4 is 5.32 Å². The van der Waals surface area contributed by atoms with Gasteiger partial charge in [0.1, 0.15) is 0 Å². The molecule has 0 aliphatic carbocycles. The number of likely N-dealkylation sites (tertiary alicyclic amines) is 1. The summed E-state index contributed by atoms with van der Waals surface area (Å²) in [6.45, 7) is 11.8. The number of rotatable bonds is 7. The number of likely N-dealkylation sites (N-methyl/N-ethyl adjacent to an activating group) is 1. The van der Waals surface area contributed by atoms with Crippen molar-refractivity contribution in [3.63, 3.8) is 0 Å². The Labute approximate surface area is 101 Å². The van der Waals surface area contributed by atoms with E-state index in [4.69, 9.17) is 0 Å². The molecule has 1 heterocycles. The zero-order chi connectivity index (χ0) is 11.8. The second kappa shape index (κ2) is 8.04. The summed E-state index contributed by atoms with van der Waals surface area (Å²) in [5.41, 5.74) is 0. The van der Waals surface area contributed by atoms with Crippen molar-refractivity contribution in [3.8, 4) is 0 Å². The topological polar surface area (TPSA) is 18.5 Å². The van der Waals surface area contributed by atoms with E-state index < -0.39 is 0 Å². The van der Waals surface area contributed by atoms with E-state index in [1.54, 1.807) is 0 Å². The lowest BCUT2D eigenvalue weighted by atomic mass is 10.1. The van der Waals surface area contributed by atoms with Gasteiger partial charge in [0.25, 0.3) is 0 Å². The maximum absolute atomic E-state index is 3.69. The van der Waals surface area contributed by atoms with Crippen molar-refractivity contribution < 1.29 is 0 Å². The average molecular weight is 227 g/mol. The van der Waals surface area contributed by atoms with Gasteiger partial charge >= 0.3 is 0 Å². The minimum atomic E-state index is 0.732. The molecule has 1 aliphatic heterocycles. The first-order chi connectivity index (χ1) is 7.76. The Morgan fingerprint density at radius 1 is 1.31 bits per heavy atom. The average Bonchev–Trinajstić information content (AvgIpc) is 2.29. The molecule has 96 valence electrons. The van der Waals surface area contributed by atoms with Gasteiger partial charge in [-0.15, -0.1) is 0 Å². The Hall–Kier alpha value is -0.120. The summed E-state index contributed by atoms with van der Waals surface area (Å²) >= 11 is 0. The molecule has 0 radical (unpaired) electrons. The zero-order valence-electron chi connectivity index (χ0n) is 11.3. The van der Waals surface area contributed by atoms with E-state index >= 15 is 0 Å². The molecule has 3 nitrogen and oxygen atoms in total. The Kier molecular flexibility index (Phi) is 7.01. The van der Waals surface area contributed by atoms with Crippen molar-refractivity contribution in [1.29, 1.82) is 0 Å². The highest BCUT2D eigenvalue weighted by atomic mass is 15.1. The summed E-state index contributed by atoms with van der Waals surface area (Å²) in [6.07, 6.45) is 3.99. The molecule has 0 spiro atoms. The quantitative estimate of drug-likeness (QED) is 0.663. The highest BCUT2D eigenvalue weighted by molar-refractivity contribution is 4.76. The van der Waals surface area contributed by atoms with Crippen LogP contribution in [0.4, 0.5) is 0 Å². The summed E-state index contributed by atoms with van der Waals surface area (Å²) in [7, 11) is 2.23. The molecule has 16 heavy (non-hydrogen) atoms. The van der Waals surface area contributed by atoms with Crippen molar-refractivity contribution >= 4 is 0 Å². The Morgan fingerprint density at radius 3 is 2.69 bits per heavy atom. The van der Waals surface area contributed by atoms with E-state index in [0.29, 0.717) is 0 Å². The fraction of sp³-hybridized carbons (Fsp3) is 1.00. The molecule has 0 aromatic rings. The first-order valence-electron chi connectivity index (χ1n) is 6.90. The van der Waals surface area contributed by atoms with E-state index in [0.717, 1.165) is 6.04 Å². The van der Waals surface area contributed by atoms with Crippen molar-refractivity contribution in [2.24, 2.45) is 0 Å². The summed E-state index contributed by atoms with van der Waals surface area (Å²) in [6, 6.07) is 0.732. The molecule has 1 unspecified atom stereocenters. The van der Waals surface area contributed by atoms with E-state index in [2.05, 4.69) is 36.0 Å². The lowest BCUT2D eigenvalue weighted by molar-refractivity contribution is 0.223. The lowest BCUT2D eigenvalue weighted by Crippen LogP contribution is -2.44. The van der Waals surface area contributed by atoms with Gasteiger partial charge in [-0.1, -0.05) is 13.8 Å². The van der Waals surface area contributed by atoms with Gasteiger partial charge in [0.05, 0.1) is 0 Å². The maximum atomic E-state index is 3.69. The van der Waals surface area contributed by atoms with Crippen LogP contribution in [0.15, 0.2) is 0 Å². The van der Waals surface area contributed by atoms with Gasteiger partial charge in [-0.05, 0) is 59.0 Å². The molecule has 1 N–H and O–H groups in total. The predicted molar refractivity (Wildman–Crippen MR) is 70.9 cm³/mol. The van der Waals surface area contributed by atoms with Crippen LogP contribution in [-0.2, 0) is 0 Å². The van der Waals surface area contributed by atoms with Crippen molar-refractivity contribution in [1.82, 2.24) is 15.1 Å². The van der Waals surface area contributed by atoms with Gasteiger partial charge in [-0.2, -0.15) is 0 Å². The minimum Gasteiger partial charge on any atom is -0.313 e. The summed E-state index contributed by atoms with van der Waals surface area (Å²) in [5, 5.41) is 3.69. The number of hydrogen-bond acceptors (Lipinski definition) is 3. The second-order valence-electron chi connectivity index (χ2n) is 4.94. The minimum absolute atomic E-state index is 0.732. The fourth-order valence-corrected chi connectivity index (χ4v) is 2.48. The zero-order valence-corrected chi connectivity index (χ0v) is 11.3. The molecule has 1 rings (SSSR count). The third kappa shape index (κ3) is 5.28. The normalized spacial score (nSPS) is 22.9. The molecule has 0 amide bonds. The molecule has 1 saturated heterocycles. The van der Waals surface area contributed by atoms with E-state index in [1.165, 1.54) is 58.5 Å². The van der Waals surface area contributed by atoms with E-state index in [1.807, 2.05) is 0 Å². The SMILES string of the molecule is CCN(CC)CCCNC1CCCN(C)C1. The van der Waals surface area contributed by atoms with Crippen molar-refractivity contribution in [2.75, 3.05) is 46.3 Å². The van der Waals surface area contributed by atoms with Gasteiger partial charge in [0, 0.05) is 12.6 Å². The molecule has 1 aliphatic rings. The first-order valence-corrected chi connectivity index (χ1v) is 6.90. The van der Waals surface area contributed by atoms with Gasteiger partial charge < -0.3 is 15.1 Å². The fourth-order valence-electron chi connectivity index (χ4n) is 2.48. The summed E-state index contributed by atoms with van der Waals surface area (Å²) in [4.78, 5) is 4.93. The molecule has 3 heteroatoms. The first kappa shape index (κ1) is 13.9. The lowest BCUT2D eigenvalue weighted by Gasteiger charge is -2.30. The largest absolute Gasteiger partial charge is 0.313 e. The molecule has 0 aromatic carbocycles. The number of nitrogens with one attached hydrogen (secondary N) is 1. The summed E-state index contributed by atoms with van der Waals surface area (Å²) in [5.74, 6) is 0. The van der Waals surface area contributed by atoms with Crippen LogP contribution in [0.2, 0.25) is 0 Å². The Morgan fingerprint density at radius 2 is 2.06 bits per heavy atom. The van der Waals surface area contributed by atoms with Crippen LogP contribution in [0, 0.1) is 0 Å². The standard InChI is InChI=1S/C13H29N3/c1-4-16(5-2)11-7-9-14-13-8-6-10-15(3)12-13/h13-14H,4-12H2,1-3H3. The number of piperidine rings is 1. The third-order valence-corrected chi connectivity index (χ3v) is 3.60. The summed E-state index contributed by atoms with van der Waals surface area (Å²) < 4.78 is 0. The smallest absolute Gasteiger partial charge is 0.0195 e. The van der Waals surface area contributed by atoms with Gasteiger partial charge in [0.2, 0.25) is 0 Å². The number of nitrogens with zero attached hydrogens (tertiary/aromatic N) is 2. The molecule has 1 atom stereocenters. The van der Waals surface area contributed by atoms with Crippen LogP contribution in [0.1, 0.15) is 33.1 Å². The van der Waals surface area contributed by atoms with Crippen molar-refractivity contribution in [2.45, 2.75) is 39.2 Å². The van der Waals surface area contributed by atoms with Gasteiger partial charge in [0.15, 0.2) is 0 Å². The molecule has 1 fully saturated rings. The van der Waals surface area contributed by atoms with Crippen LogP contribution >= 0.6 is 0 Å². The van der Waals surface area contributed by atoms with E-state index in [-0.39, 0.29) is 0 Å². The molecule has 0 bridgehead atoms. The Bertz CT molecular complexity index is 169. The maximum Gasteiger partial charge on any atom is 0.0195 e. The van der Waals surface area contributed by atoms with E-state index in [9.17, 15) is 0 Å². The molecule has 0 saturated carbocycles. The van der Waals surface area contributed by atoms with Crippen LogP contribution in [-0.4, -0.2) is 62.2 Å². The van der Waals surface area contributed by atoms with Crippen molar-refractivity contribution in [3.05, 3.63) is 0 Å². The van der Waals surface area contributed by atoms with Crippen LogP contribution in [0.25, 0.3) is 0 Å². The monoisotopic (exact) mass is 227 g/mol. The van der Waals surface area contributed by atoms with Gasteiger partial charge in [-0.3, -0.25) is 0 Å². The van der Waals surface area contributed by atoms with Crippen LogP contribution in [0.5, 0.6) is 0 Å². The number of hydrogen-bond donors (Lipinski definition) is 1. The second-order valence-corrected chi connectivity index (χ2v) is 4.94. The van der Waals surface area contributed by atoms with Crippen LogP contribution in [0.3, 0.4) is 0 Å². The molecular weight excluding hydrogens is 198 g/mol. The van der Waals surface area contributed by atoms with Gasteiger partial charge in [-0.25, -0.2) is 0 Å². The Balaban J connectivity index is 2.02.